The number of carbonyl (C=O) groups is 2. The van der Waals surface area contributed by atoms with E-state index in [4.69, 9.17) is 9.31 Å². The van der Waals surface area contributed by atoms with Crippen LogP contribution < -0.4 is 10.8 Å². The number of amides is 1. The molecule has 0 aromatic heterocycles. The quantitative estimate of drug-likeness (QED) is 0.646. The summed E-state index contributed by atoms with van der Waals surface area (Å²) < 4.78 is 12.2. The van der Waals surface area contributed by atoms with Crippen LogP contribution >= 0.6 is 0 Å². The predicted octanol–water partition coefficient (Wildman–Crippen LogP) is 3.31. The average Bonchev–Trinajstić information content (AvgIpc) is 2.94. The van der Waals surface area contributed by atoms with Crippen molar-refractivity contribution in [3.05, 3.63) is 29.8 Å². The lowest BCUT2D eigenvalue weighted by Gasteiger charge is -2.55. The molecule has 5 fully saturated rings. The third-order valence-corrected chi connectivity index (χ3v) is 9.07. The van der Waals surface area contributed by atoms with Crippen LogP contribution in [0.25, 0.3) is 0 Å². The van der Waals surface area contributed by atoms with Crippen LogP contribution in [-0.4, -0.2) is 41.3 Å². The molecule has 7 heteroatoms. The highest BCUT2D eigenvalue weighted by atomic mass is 16.7. The van der Waals surface area contributed by atoms with Gasteiger partial charge in [0.05, 0.1) is 11.2 Å². The van der Waals surface area contributed by atoms with Crippen molar-refractivity contribution in [1.82, 2.24) is 5.32 Å². The van der Waals surface area contributed by atoms with E-state index >= 15 is 0 Å². The molecule has 4 bridgehead atoms. The largest absolute Gasteiger partial charge is 0.494 e. The molecule has 1 amide bonds. The van der Waals surface area contributed by atoms with Crippen LogP contribution in [0.4, 0.5) is 0 Å². The van der Waals surface area contributed by atoms with Crippen molar-refractivity contribution >= 4 is 24.5 Å². The Bertz CT molecular complexity index is 889. The van der Waals surface area contributed by atoms with E-state index < -0.39 is 30.3 Å². The molecule has 1 saturated heterocycles. The summed E-state index contributed by atoms with van der Waals surface area (Å²) >= 11 is 0. The Morgan fingerprint density at radius 3 is 1.91 bits per heavy atom. The molecule has 1 atom stereocenters. The van der Waals surface area contributed by atoms with Crippen molar-refractivity contribution in [2.75, 3.05) is 0 Å². The van der Waals surface area contributed by atoms with Gasteiger partial charge in [-0.3, -0.25) is 4.79 Å². The van der Waals surface area contributed by atoms with E-state index in [1.54, 1.807) is 0 Å². The molecule has 6 rings (SSSR count). The number of hydrogen-bond acceptors (Lipinski definition) is 4. The SMILES string of the molecule is CC1(C)OB(c2ccc(C[C@H](NC(=O)C34CC5CC(CC(C5)C3)C4)C(=O)O)cc2)OC1(C)C. The smallest absolute Gasteiger partial charge is 0.480 e. The first-order valence-electron chi connectivity index (χ1n) is 12.4. The lowest BCUT2D eigenvalue weighted by Crippen LogP contribution is -2.56. The number of benzene rings is 1. The van der Waals surface area contributed by atoms with Crippen LogP contribution in [-0.2, 0) is 25.3 Å². The van der Waals surface area contributed by atoms with Gasteiger partial charge in [-0.2, -0.15) is 0 Å². The highest BCUT2D eigenvalue weighted by Gasteiger charge is 2.55. The number of hydrogen-bond donors (Lipinski definition) is 2. The van der Waals surface area contributed by atoms with Crippen molar-refractivity contribution < 1.29 is 24.0 Å². The summed E-state index contributed by atoms with van der Waals surface area (Å²) in [7, 11) is -0.449. The first-order chi connectivity index (χ1) is 15.5. The molecular weight excluding hydrogens is 417 g/mol. The van der Waals surface area contributed by atoms with Crippen molar-refractivity contribution in [2.24, 2.45) is 23.2 Å². The maximum atomic E-state index is 13.3. The van der Waals surface area contributed by atoms with Crippen molar-refractivity contribution in [3.63, 3.8) is 0 Å². The van der Waals surface area contributed by atoms with E-state index in [0.29, 0.717) is 17.8 Å². The molecule has 1 heterocycles. The number of carboxylic acid groups (broad SMARTS) is 1. The van der Waals surface area contributed by atoms with Crippen molar-refractivity contribution in [2.45, 2.75) is 89.9 Å². The molecule has 33 heavy (non-hydrogen) atoms. The van der Waals surface area contributed by atoms with E-state index in [1.165, 1.54) is 19.3 Å². The van der Waals surface area contributed by atoms with E-state index in [0.717, 1.165) is 30.3 Å². The molecule has 6 nitrogen and oxygen atoms in total. The van der Waals surface area contributed by atoms with Gasteiger partial charge in [0.1, 0.15) is 6.04 Å². The molecular formula is C26H36BNO5. The van der Waals surface area contributed by atoms with Gasteiger partial charge in [0, 0.05) is 11.8 Å². The Hall–Kier alpha value is -1.86. The minimum atomic E-state index is -0.983. The summed E-state index contributed by atoms with van der Waals surface area (Å²) in [6, 6.07) is 6.75. The van der Waals surface area contributed by atoms with Gasteiger partial charge in [0.15, 0.2) is 0 Å². The molecule has 4 saturated carbocycles. The Kier molecular flexibility index (Phi) is 5.44. The standard InChI is InChI=1S/C26H36BNO5/c1-24(2)25(3,4)33-27(32-24)20-7-5-16(6-8-20)12-21(22(29)30)28-23(31)26-13-17-9-18(14-26)11-19(10-17)15-26/h5-8,17-19,21H,9-15H2,1-4H3,(H,28,31)(H,29,30)/t17?,18?,19?,21-,26?/m0/s1. The maximum Gasteiger partial charge on any atom is 0.494 e. The van der Waals surface area contributed by atoms with Gasteiger partial charge in [0.2, 0.25) is 5.91 Å². The summed E-state index contributed by atoms with van der Waals surface area (Å²) in [5.41, 5.74) is 0.608. The lowest BCUT2D eigenvalue weighted by molar-refractivity contribution is -0.151. The van der Waals surface area contributed by atoms with Gasteiger partial charge in [-0.05, 0) is 95.0 Å². The second-order valence-corrected chi connectivity index (χ2v) is 12.1. The van der Waals surface area contributed by atoms with E-state index in [1.807, 2.05) is 52.0 Å². The van der Waals surface area contributed by atoms with E-state index in [2.05, 4.69) is 5.32 Å². The fourth-order valence-electron chi connectivity index (χ4n) is 6.93. The molecule has 0 spiro atoms. The highest BCUT2D eigenvalue weighted by molar-refractivity contribution is 6.62. The second-order valence-electron chi connectivity index (χ2n) is 12.1. The number of rotatable bonds is 6. The normalized spacial score (nSPS) is 34.3. The minimum absolute atomic E-state index is 0.0390. The van der Waals surface area contributed by atoms with Gasteiger partial charge in [-0.25, -0.2) is 4.79 Å². The van der Waals surface area contributed by atoms with Crippen LogP contribution in [0.1, 0.15) is 71.8 Å². The van der Waals surface area contributed by atoms with Gasteiger partial charge < -0.3 is 19.7 Å². The minimum Gasteiger partial charge on any atom is -0.480 e. The fraction of sp³-hybridized carbons (Fsp3) is 0.692. The van der Waals surface area contributed by atoms with Crippen LogP contribution in [0.2, 0.25) is 0 Å². The van der Waals surface area contributed by atoms with Crippen LogP contribution in [0.15, 0.2) is 24.3 Å². The zero-order valence-electron chi connectivity index (χ0n) is 20.2. The summed E-state index contributed by atoms with van der Waals surface area (Å²) in [6.45, 7) is 8.08. The number of aliphatic carboxylic acids is 1. The summed E-state index contributed by atoms with van der Waals surface area (Å²) in [4.78, 5) is 25.4. The first-order valence-corrected chi connectivity index (χ1v) is 12.4. The Labute approximate surface area is 196 Å². The van der Waals surface area contributed by atoms with Gasteiger partial charge in [-0.15, -0.1) is 0 Å². The number of nitrogens with one attached hydrogen (secondary N) is 1. The highest BCUT2D eigenvalue weighted by Crippen LogP contribution is 2.60. The van der Waals surface area contributed by atoms with Crippen LogP contribution in [0, 0.1) is 23.2 Å². The van der Waals surface area contributed by atoms with Gasteiger partial charge >= 0.3 is 13.1 Å². The van der Waals surface area contributed by atoms with E-state index in [9.17, 15) is 14.7 Å². The summed E-state index contributed by atoms with van der Waals surface area (Å²) in [5, 5.41) is 12.8. The number of carbonyl (C=O) groups excluding carboxylic acids is 1. The third kappa shape index (κ3) is 4.12. The van der Waals surface area contributed by atoms with Gasteiger partial charge in [-0.1, -0.05) is 24.3 Å². The van der Waals surface area contributed by atoms with Crippen molar-refractivity contribution in [1.29, 1.82) is 0 Å². The molecule has 178 valence electrons. The molecule has 0 radical (unpaired) electrons. The second kappa shape index (κ2) is 7.84. The zero-order valence-corrected chi connectivity index (χ0v) is 20.2. The molecule has 1 aliphatic heterocycles. The average molecular weight is 453 g/mol. The monoisotopic (exact) mass is 453 g/mol. The fourth-order valence-corrected chi connectivity index (χ4v) is 6.93. The molecule has 1 aromatic carbocycles. The first kappa shape index (κ1) is 22.9. The molecule has 5 aliphatic rings. The molecule has 2 N–H and O–H groups in total. The number of carboxylic acids is 1. The third-order valence-electron chi connectivity index (χ3n) is 9.07. The molecule has 0 unspecified atom stereocenters. The van der Waals surface area contributed by atoms with Crippen LogP contribution in [0.5, 0.6) is 0 Å². The zero-order chi connectivity index (χ0) is 23.6. The van der Waals surface area contributed by atoms with Crippen molar-refractivity contribution in [3.8, 4) is 0 Å². The lowest BCUT2D eigenvalue weighted by atomic mass is 9.49. The molecule has 1 aromatic rings. The Morgan fingerprint density at radius 1 is 0.970 bits per heavy atom. The van der Waals surface area contributed by atoms with E-state index in [-0.39, 0.29) is 17.7 Å². The van der Waals surface area contributed by atoms with Crippen LogP contribution in [0.3, 0.4) is 0 Å². The Balaban J connectivity index is 1.25. The predicted molar refractivity (Wildman–Crippen MR) is 126 cm³/mol. The van der Waals surface area contributed by atoms with Gasteiger partial charge in [0.25, 0.3) is 0 Å². The summed E-state index contributed by atoms with van der Waals surface area (Å²) in [6.07, 6.45) is 6.81. The summed E-state index contributed by atoms with van der Waals surface area (Å²) in [5.74, 6) is 0.916. The topological polar surface area (TPSA) is 84.9 Å². The maximum absolute atomic E-state index is 13.3. The Morgan fingerprint density at radius 2 is 1.45 bits per heavy atom. The molecule has 4 aliphatic carbocycles.